The molecule has 6 nitrogen and oxygen atoms in total. The summed E-state index contributed by atoms with van der Waals surface area (Å²) >= 11 is 7.48. The van der Waals surface area contributed by atoms with Gasteiger partial charge in [-0.05, 0) is 80.1 Å². The SMILES string of the molecule is COc1ccc(S[C@@H](C)C(=O)Nc2ccc(S(=O)(=O)Nc3cccc(Cl)c3C)cc2)cc1. The Kier molecular flexibility index (Phi) is 7.71. The molecule has 0 saturated heterocycles. The minimum absolute atomic E-state index is 0.0792. The van der Waals surface area contributed by atoms with Crippen molar-refractivity contribution in [3.05, 3.63) is 77.3 Å². The van der Waals surface area contributed by atoms with E-state index in [0.29, 0.717) is 22.0 Å². The lowest BCUT2D eigenvalue weighted by molar-refractivity contribution is -0.115. The smallest absolute Gasteiger partial charge is 0.261 e. The van der Waals surface area contributed by atoms with E-state index in [9.17, 15) is 13.2 Å². The summed E-state index contributed by atoms with van der Waals surface area (Å²) in [5, 5.41) is 2.94. The van der Waals surface area contributed by atoms with Crippen molar-refractivity contribution < 1.29 is 17.9 Å². The third kappa shape index (κ3) is 5.97. The summed E-state index contributed by atoms with van der Waals surface area (Å²) in [6.45, 7) is 3.55. The number of benzene rings is 3. The highest BCUT2D eigenvalue weighted by Gasteiger charge is 2.18. The van der Waals surface area contributed by atoms with Gasteiger partial charge < -0.3 is 10.1 Å². The number of thioether (sulfide) groups is 1. The number of carbonyl (C=O) groups is 1. The number of hydrogen-bond donors (Lipinski definition) is 2. The fourth-order valence-corrected chi connectivity index (χ4v) is 4.96. The molecule has 2 N–H and O–H groups in total. The van der Waals surface area contributed by atoms with Gasteiger partial charge in [-0.25, -0.2) is 8.42 Å². The van der Waals surface area contributed by atoms with Crippen molar-refractivity contribution in [2.75, 3.05) is 17.1 Å². The van der Waals surface area contributed by atoms with Crippen molar-refractivity contribution in [2.45, 2.75) is 28.9 Å². The number of anilines is 2. The molecule has 3 rings (SSSR count). The summed E-state index contributed by atoms with van der Waals surface area (Å²) in [5.41, 5.74) is 1.57. The fourth-order valence-electron chi connectivity index (χ4n) is 2.79. The van der Waals surface area contributed by atoms with E-state index in [-0.39, 0.29) is 16.1 Å². The first-order chi connectivity index (χ1) is 15.2. The van der Waals surface area contributed by atoms with Crippen LogP contribution in [0.15, 0.2) is 76.5 Å². The lowest BCUT2D eigenvalue weighted by atomic mass is 10.2. The lowest BCUT2D eigenvalue weighted by Crippen LogP contribution is -2.22. The highest BCUT2D eigenvalue weighted by Crippen LogP contribution is 2.27. The first kappa shape index (κ1) is 24.0. The zero-order valence-electron chi connectivity index (χ0n) is 17.8. The third-order valence-electron chi connectivity index (χ3n) is 4.69. The van der Waals surface area contributed by atoms with Crippen LogP contribution in [0.25, 0.3) is 0 Å². The molecular formula is C23H23ClN2O4S2. The Labute approximate surface area is 197 Å². The van der Waals surface area contributed by atoms with Crippen LogP contribution < -0.4 is 14.8 Å². The molecule has 0 aliphatic rings. The number of amides is 1. The highest BCUT2D eigenvalue weighted by atomic mass is 35.5. The molecule has 0 fully saturated rings. The molecule has 1 atom stereocenters. The van der Waals surface area contributed by atoms with Crippen LogP contribution in [0.1, 0.15) is 12.5 Å². The second-order valence-corrected chi connectivity index (χ2v) is 10.5. The monoisotopic (exact) mass is 490 g/mol. The second-order valence-electron chi connectivity index (χ2n) is 6.97. The van der Waals surface area contributed by atoms with Gasteiger partial charge in [0.25, 0.3) is 10.0 Å². The first-order valence-corrected chi connectivity index (χ1v) is 12.4. The molecule has 3 aromatic carbocycles. The molecule has 0 bridgehead atoms. The van der Waals surface area contributed by atoms with Gasteiger partial charge in [-0.3, -0.25) is 9.52 Å². The largest absolute Gasteiger partial charge is 0.497 e. The van der Waals surface area contributed by atoms with E-state index >= 15 is 0 Å². The van der Waals surface area contributed by atoms with E-state index in [1.165, 1.54) is 23.9 Å². The van der Waals surface area contributed by atoms with E-state index in [4.69, 9.17) is 16.3 Å². The zero-order chi connectivity index (χ0) is 23.3. The molecule has 0 unspecified atom stereocenters. The topological polar surface area (TPSA) is 84.5 Å². The van der Waals surface area contributed by atoms with Gasteiger partial charge in [0, 0.05) is 15.6 Å². The number of rotatable bonds is 8. The van der Waals surface area contributed by atoms with Crippen molar-refractivity contribution in [3.63, 3.8) is 0 Å². The van der Waals surface area contributed by atoms with Crippen molar-refractivity contribution in [1.29, 1.82) is 0 Å². The Bertz CT molecular complexity index is 1200. The third-order valence-corrected chi connectivity index (χ3v) is 7.59. The Morgan fingerprint density at radius 1 is 1.03 bits per heavy atom. The highest BCUT2D eigenvalue weighted by molar-refractivity contribution is 8.00. The van der Waals surface area contributed by atoms with E-state index in [1.807, 2.05) is 24.3 Å². The van der Waals surface area contributed by atoms with E-state index < -0.39 is 10.0 Å². The molecule has 9 heteroatoms. The predicted octanol–water partition coefficient (Wildman–Crippen LogP) is 5.58. The maximum Gasteiger partial charge on any atom is 0.261 e. The maximum absolute atomic E-state index is 12.7. The van der Waals surface area contributed by atoms with Gasteiger partial charge in [0.05, 0.1) is 22.9 Å². The van der Waals surface area contributed by atoms with Crippen molar-refractivity contribution >= 4 is 50.7 Å². The molecule has 1 amide bonds. The molecule has 32 heavy (non-hydrogen) atoms. The summed E-state index contributed by atoms with van der Waals surface area (Å²) in [5.74, 6) is 0.565. The number of halogens is 1. The maximum atomic E-state index is 12.7. The number of sulfonamides is 1. The molecule has 0 aliphatic heterocycles. The zero-order valence-corrected chi connectivity index (χ0v) is 20.1. The summed E-state index contributed by atoms with van der Waals surface area (Å²) in [4.78, 5) is 13.6. The molecule has 0 radical (unpaired) electrons. The molecule has 0 aromatic heterocycles. The van der Waals surface area contributed by atoms with Crippen LogP contribution >= 0.6 is 23.4 Å². The van der Waals surface area contributed by atoms with Crippen LogP contribution in [0, 0.1) is 6.92 Å². The van der Waals surface area contributed by atoms with Gasteiger partial charge in [-0.2, -0.15) is 0 Å². The number of ether oxygens (including phenoxy) is 1. The average Bonchev–Trinajstić information content (AvgIpc) is 2.77. The molecule has 0 aliphatic carbocycles. The van der Waals surface area contributed by atoms with Crippen molar-refractivity contribution in [1.82, 2.24) is 0 Å². The van der Waals surface area contributed by atoms with Gasteiger partial charge >= 0.3 is 0 Å². The van der Waals surface area contributed by atoms with Gasteiger partial charge in [0.2, 0.25) is 5.91 Å². The quantitative estimate of drug-likeness (QED) is 0.403. The van der Waals surface area contributed by atoms with E-state index in [1.54, 1.807) is 51.3 Å². The molecule has 3 aromatic rings. The number of nitrogens with one attached hydrogen (secondary N) is 2. The second kappa shape index (κ2) is 10.3. The molecule has 0 heterocycles. The molecule has 0 saturated carbocycles. The Morgan fingerprint density at radius 2 is 1.69 bits per heavy atom. The minimum atomic E-state index is -3.80. The number of methoxy groups -OCH3 is 1. The summed E-state index contributed by atoms with van der Waals surface area (Å²) in [7, 11) is -2.20. The van der Waals surface area contributed by atoms with Gasteiger partial charge in [-0.15, -0.1) is 11.8 Å². The number of hydrogen-bond acceptors (Lipinski definition) is 5. The van der Waals surface area contributed by atoms with Gasteiger partial charge in [-0.1, -0.05) is 17.7 Å². The van der Waals surface area contributed by atoms with E-state index in [0.717, 1.165) is 10.6 Å². The van der Waals surface area contributed by atoms with Crippen LogP contribution in [-0.2, 0) is 14.8 Å². The van der Waals surface area contributed by atoms with Crippen LogP contribution in [0.5, 0.6) is 5.75 Å². The standard InChI is InChI=1S/C23H23ClN2O4S2/c1-15-21(24)5-4-6-22(15)26-32(28,29)20-13-7-17(8-14-20)25-23(27)16(2)31-19-11-9-18(30-3)10-12-19/h4-14,16,26H,1-3H3,(H,25,27)/t16-/m0/s1. The summed E-state index contributed by atoms with van der Waals surface area (Å²) < 4.78 is 33.1. The van der Waals surface area contributed by atoms with Crippen LogP contribution in [0.2, 0.25) is 5.02 Å². The number of carbonyl (C=O) groups excluding carboxylic acids is 1. The van der Waals surface area contributed by atoms with Crippen LogP contribution in [0.4, 0.5) is 11.4 Å². The van der Waals surface area contributed by atoms with Crippen molar-refractivity contribution in [3.8, 4) is 5.75 Å². The first-order valence-electron chi connectivity index (χ1n) is 9.69. The molecular weight excluding hydrogens is 468 g/mol. The van der Waals surface area contributed by atoms with Crippen molar-refractivity contribution in [2.24, 2.45) is 0 Å². The minimum Gasteiger partial charge on any atom is -0.497 e. The average molecular weight is 491 g/mol. The fraction of sp³-hybridized carbons (Fsp3) is 0.174. The molecule has 0 spiro atoms. The molecule has 168 valence electrons. The van der Waals surface area contributed by atoms with E-state index in [2.05, 4.69) is 10.0 Å². The normalized spacial score (nSPS) is 12.1. The Hall–Kier alpha value is -2.68. The van der Waals surface area contributed by atoms with Gasteiger partial charge in [0.1, 0.15) is 5.75 Å². The predicted molar refractivity (Wildman–Crippen MR) is 130 cm³/mol. The summed E-state index contributed by atoms with van der Waals surface area (Å²) in [6.07, 6.45) is 0. The lowest BCUT2D eigenvalue weighted by Gasteiger charge is -2.14. The summed E-state index contributed by atoms with van der Waals surface area (Å²) in [6, 6.07) is 18.5. The van der Waals surface area contributed by atoms with Crippen LogP contribution in [0.3, 0.4) is 0 Å². The Morgan fingerprint density at radius 3 is 2.31 bits per heavy atom. The van der Waals surface area contributed by atoms with Gasteiger partial charge in [0.15, 0.2) is 0 Å². The van der Waals surface area contributed by atoms with Crippen LogP contribution in [-0.4, -0.2) is 26.7 Å². The Balaban J connectivity index is 1.64.